The van der Waals surface area contributed by atoms with E-state index in [0.29, 0.717) is 6.42 Å². The molecule has 8 heteroatoms. The Kier molecular flexibility index (Phi) is 5.07. The number of anilines is 1. The van der Waals surface area contributed by atoms with Crippen molar-refractivity contribution in [1.29, 1.82) is 0 Å². The Morgan fingerprint density at radius 3 is 2.62 bits per heavy atom. The summed E-state index contributed by atoms with van der Waals surface area (Å²) < 4.78 is 18.3. The molecule has 1 aromatic carbocycles. The van der Waals surface area contributed by atoms with Crippen molar-refractivity contribution in [3.63, 3.8) is 0 Å². The molecule has 21 heavy (non-hydrogen) atoms. The lowest BCUT2D eigenvalue weighted by Crippen LogP contribution is -2.34. The van der Waals surface area contributed by atoms with Crippen LogP contribution in [0, 0.1) is 21.3 Å². The van der Waals surface area contributed by atoms with Gasteiger partial charge in [0.1, 0.15) is 5.69 Å². The maximum Gasteiger partial charge on any atom is 0.311 e. The molecule has 7 nitrogen and oxygen atoms in total. The monoisotopic (exact) mass is 300 g/mol. The third kappa shape index (κ3) is 3.59. The number of halogens is 1. The van der Waals surface area contributed by atoms with E-state index < -0.39 is 27.8 Å². The van der Waals surface area contributed by atoms with Crippen LogP contribution in [-0.4, -0.2) is 29.7 Å². The molecule has 0 aliphatic heterocycles. The van der Waals surface area contributed by atoms with E-state index in [2.05, 4.69) is 5.32 Å². The van der Waals surface area contributed by atoms with E-state index in [-0.39, 0.29) is 18.0 Å². The molecule has 1 atom stereocenters. The molecule has 0 fully saturated rings. The van der Waals surface area contributed by atoms with Gasteiger partial charge in [0.25, 0.3) is 5.69 Å². The largest absolute Gasteiger partial charge is 0.494 e. The molecule has 1 rings (SSSR count). The minimum atomic E-state index is -1.09. The minimum absolute atomic E-state index is 0.0131. The standard InChI is InChI=1S/C13H17FN2O5/c1-4-13(2,12(17)18)7-15-9-6-11(21-3)8(14)5-10(9)16(19)20/h5-6,15H,4,7H2,1-3H3,(H,17,18). The second-order valence-corrected chi connectivity index (χ2v) is 4.83. The minimum Gasteiger partial charge on any atom is -0.494 e. The Balaban J connectivity index is 3.12. The number of carboxylic acid groups (broad SMARTS) is 1. The number of nitrogens with one attached hydrogen (secondary N) is 1. The Morgan fingerprint density at radius 1 is 1.57 bits per heavy atom. The SMILES string of the molecule is CCC(C)(CNc1cc(OC)c(F)cc1[N+](=O)[O-])C(=O)O. The van der Waals surface area contributed by atoms with Gasteiger partial charge in [-0.3, -0.25) is 14.9 Å². The molecule has 0 amide bonds. The van der Waals surface area contributed by atoms with Gasteiger partial charge in [0.2, 0.25) is 0 Å². The number of nitro benzene ring substituents is 1. The van der Waals surface area contributed by atoms with Gasteiger partial charge in [-0.25, -0.2) is 4.39 Å². The maximum atomic E-state index is 13.5. The summed E-state index contributed by atoms with van der Waals surface area (Å²) in [4.78, 5) is 21.4. The molecule has 1 aromatic rings. The molecule has 0 bridgehead atoms. The third-order valence-electron chi connectivity index (χ3n) is 3.43. The third-order valence-corrected chi connectivity index (χ3v) is 3.43. The zero-order chi connectivity index (χ0) is 16.2. The highest BCUT2D eigenvalue weighted by atomic mass is 19.1. The van der Waals surface area contributed by atoms with E-state index in [0.717, 1.165) is 12.1 Å². The number of carboxylic acids is 1. The predicted octanol–water partition coefficient (Wildman–Crippen LogP) is 2.66. The van der Waals surface area contributed by atoms with Gasteiger partial charge in [0, 0.05) is 12.6 Å². The van der Waals surface area contributed by atoms with Crippen molar-refractivity contribution in [3.05, 3.63) is 28.1 Å². The molecule has 0 saturated heterocycles. The van der Waals surface area contributed by atoms with Crippen molar-refractivity contribution < 1.29 is 24.0 Å². The van der Waals surface area contributed by atoms with Gasteiger partial charge in [-0.15, -0.1) is 0 Å². The van der Waals surface area contributed by atoms with E-state index in [1.165, 1.54) is 14.0 Å². The van der Waals surface area contributed by atoms with Crippen LogP contribution in [0.5, 0.6) is 5.75 Å². The molecule has 0 spiro atoms. The number of nitro groups is 1. The van der Waals surface area contributed by atoms with Crippen molar-refractivity contribution >= 4 is 17.3 Å². The van der Waals surface area contributed by atoms with Crippen LogP contribution in [0.15, 0.2) is 12.1 Å². The number of ether oxygens (including phenoxy) is 1. The van der Waals surface area contributed by atoms with Crippen molar-refractivity contribution in [2.45, 2.75) is 20.3 Å². The lowest BCUT2D eigenvalue weighted by Gasteiger charge is -2.23. The molecule has 0 aliphatic rings. The molecular formula is C13H17FN2O5. The second-order valence-electron chi connectivity index (χ2n) is 4.83. The maximum absolute atomic E-state index is 13.5. The van der Waals surface area contributed by atoms with E-state index in [4.69, 9.17) is 4.74 Å². The van der Waals surface area contributed by atoms with Crippen molar-refractivity contribution in [1.82, 2.24) is 0 Å². The van der Waals surface area contributed by atoms with E-state index in [9.17, 15) is 24.4 Å². The van der Waals surface area contributed by atoms with Crippen LogP contribution in [0.1, 0.15) is 20.3 Å². The molecular weight excluding hydrogens is 283 g/mol. The number of benzene rings is 1. The molecule has 1 unspecified atom stereocenters. The number of aliphatic carboxylic acids is 1. The summed E-state index contributed by atoms with van der Waals surface area (Å²) in [5, 5.41) is 22.8. The van der Waals surface area contributed by atoms with Crippen LogP contribution in [0.4, 0.5) is 15.8 Å². The summed E-state index contributed by atoms with van der Waals surface area (Å²) in [5.41, 5.74) is -1.55. The Bertz CT molecular complexity index is 564. The summed E-state index contributed by atoms with van der Waals surface area (Å²) in [6, 6.07) is 1.89. The van der Waals surface area contributed by atoms with Gasteiger partial charge in [-0.1, -0.05) is 6.92 Å². The highest BCUT2D eigenvalue weighted by molar-refractivity contribution is 5.75. The fourth-order valence-electron chi connectivity index (χ4n) is 1.63. The van der Waals surface area contributed by atoms with Gasteiger partial charge in [-0.05, 0) is 13.3 Å². The summed E-state index contributed by atoms with van der Waals surface area (Å²) in [6.45, 7) is 3.19. The number of rotatable bonds is 7. The molecule has 2 N–H and O–H groups in total. The zero-order valence-corrected chi connectivity index (χ0v) is 12.0. The first-order valence-electron chi connectivity index (χ1n) is 6.24. The van der Waals surface area contributed by atoms with E-state index in [1.807, 2.05) is 0 Å². The molecule has 0 aromatic heterocycles. The fourth-order valence-corrected chi connectivity index (χ4v) is 1.63. The number of methoxy groups -OCH3 is 1. The smallest absolute Gasteiger partial charge is 0.311 e. The molecule has 0 heterocycles. The molecule has 0 aliphatic carbocycles. The Morgan fingerprint density at radius 2 is 2.19 bits per heavy atom. The number of nitrogens with zero attached hydrogens (tertiary/aromatic N) is 1. The number of hydrogen-bond donors (Lipinski definition) is 2. The van der Waals surface area contributed by atoms with Crippen LogP contribution in [0.25, 0.3) is 0 Å². The van der Waals surface area contributed by atoms with Crippen molar-refractivity contribution in [2.75, 3.05) is 19.0 Å². The molecule has 116 valence electrons. The topological polar surface area (TPSA) is 102 Å². The van der Waals surface area contributed by atoms with Crippen molar-refractivity contribution in [2.24, 2.45) is 5.41 Å². The summed E-state index contributed by atoms with van der Waals surface area (Å²) in [7, 11) is 1.24. The highest BCUT2D eigenvalue weighted by Gasteiger charge is 2.32. The summed E-state index contributed by atoms with van der Waals surface area (Å²) >= 11 is 0. The van der Waals surface area contributed by atoms with E-state index in [1.54, 1.807) is 6.92 Å². The first-order chi connectivity index (χ1) is 9.75. The first-order valence-corrected chi connectivity index (χ1v) is 6.24. The summed E-state index contributed by atoms with van der Waals surface area (Å²) in [6.07, 6.45) is 0.335. The molecule has 0 saturated carbocycles. The fraction of sp³-hybridized carbons (Fsp3) is 0.462. The number of carbonyl (C=O) groups is 1. The van der Waals surface area contributed by atoms with Gasteiger partial charge in [0.15, 0.2) is 11.6 Å². The van der Waals surface area contributed by atoms with Crippen LogP contribution < -0.4 is 10.1 Å². The van der Waals surface area contributed by atoms with Crippen LogP contribution >= 0.6 is 0 Å². The average Bonchev–Trinajstić information content (AvgIpc) is 2.44. The van der Waals surface area contributed by atoms with Crippen LogP contribution in [-0.2, 0) is 4.79 Å². The number of hydrogen-bond acceptors (Lipinski definition) is 5. The van der Waals surface area contributed by atoms with Gasteiger partial charge in [-0.2, -0.15) is 0 Å². The quantitative estimate of drug-likeness (QED) is 0.593. The van der Waals surface area contributed by atoms with E-state index >= 15 is 0 Å². The Hall–Kier alpha value is -2.38. The normalized spacial score (nSPS) is 13.3. The van der Waals surface area contributed by atoms with Gasteiger partial charge in [0.05, 0.1) is 23.5 Å². The van der Waals surface area contributed by atoms with Gasteiger partial charge < -0.3 is 15.2 Å². The van der Waals surface area contributed by atoms with Crippen molar-refractivity contribution in [3.8, 4) is 5.75 Å². The molecule has 0 radical (unpaired) electrons. The zero-order valence-electron chi connectivity index (χ0n) is 12.0. The van der Waals surface area contributed by atoms with Crippen LogP contribution in [0.3, 0.4) is 0 Å². The predicted molar refractivity (Wildman–Crippen MR) is 74.1 cm³/mol. The van der Waals surface area contributed by atoms with Crippen LogP contribution in [0.2, 0.25) is 0 Å². The highest BCUT2D eigenvalue weighted by Crippen LogP contribution is 2.33. The van der Waals surface area contributed by atoms with Gasteiger partial charge >= 0.3 is 5.97 Å². The lowest BCUT2D eigenvalue weighted by atomic mass is 9.87. The second kappa shape index (κ2) is 6.38. The average molecular weight is 300 g/mol. The summed E-state index contributed by atoms with van der Waals surface area (Å²) in [5.74, 6) is -2.03. The Labute approximate surface area is 120 Å². The first kappa shape index (κ1) is 16.7. The lowest BCUT2D eigenvalue weighted by molar-refractivity contribution is -0.384.